The molecular formula is C19H21ClN4O2. The lowest BCUT2D eigenvalue weighted by atomic mass is 10.1. The van der Waals surface area contributed by atoms with Crippen LogP contribution in [-0.4, -0.2) is 39.6 Å². The van der Waals surface area contributed by atoms with Crippen LogP contribution in [-0.2, 0) is 11.8 Å². The molecule has 2 aromatic rings. The number of amides is 2. The fourth-order valence-electron chi connectivity index (χ4n) is 2.98. The smallest absolute Gasteiger partial charge is 0.274 e. The number of hydrogen-bond donors (Lipinski definition) is 1. The van der Waals surface area contributed by atoms with E-state index in [2.05, 4.69) is 10.4 Å². The van der Waals surface area contributed by atoms with Gasteiger partial charge in [0.15, 0.2) is 0 Å². The topological polar surface area (TPSA) is 67.2 Å². The van der Waals surface area contributed by atoms with E-state index in [9.17, 15) is 9.59 Å². The second-order valence-corrected chi connectivity index (χ2v) is 6.63. The van der Waals surface area contributed by atoms with E-state index in [1.54, 1.807) is 19.2 Å². The summed E-state index contributed by atoms with van der Waals surface area (Å²) in [5, 5.41) is 7.44. The summed E-state index contributed by atoms with van der Waals surface area (Å²) in [6.07, 6.45) is 7.69. The summed E-state index contributed by atoms with van der Waals surface area (Å²) in [6, 6.07) is 7.25. The van der Waals surface area contributed by atoms with Crippen molar-refractivity contribution in [2.75, 3.05) is 18.4 Å². The van der Waals surface area contributed by atoms with E-state index < -0.39 is 0 Å². The largest absolute Gasteiger partial charge is 0.337 e. The lowest BCUT2D eigenvalue weighted by Gasteiger charge is -2.26. The Kier molecular flexibility index (Phi) is 5.73. The van der Waals surface area contributed by atoms with Crippen LogP contribution in [0.3, 0.4) is 0 Å². The molecule has 2 amide bonds. The van der Waals surface area contributed by atoms with Gasteiger partial charge in [0, 0.05) is 31.2 Å². The number of likely N-dealkylation sites (tertiary alicyclic amines) is 1. The monoisotopic (exact) mass is 372 g/mol. The molecule has 136 valence electrons. The Balaban J connectivity index is 1.73. The molecule has 0 radical (unpaired) electrons. The summed E-state index contributed by atoms with van der Waals surface area (Å²) < 4.78 is 1.50. The van der Waals surface area contributed by atoms with Crippen molar-refractivity contribution in [3.05, 3.63) is 52.8 Å². The average molecular weight is 373 g/mol. The molecule has 6 nitrogen and oxygen atoms in total. The predicted molar refractivity (Wildman–Crippen MR) is 102 cm³/mol. The third-order valence-corrected chi connectivity index (χ3v) is 4.71. The number of aromatic nitrogens is 2. The van der Waals surface area contributed by atoms with E-state index in [1.165, 1.54) is 17.0 Å². The fourth-order valence-corrected chi connectivity index (χ4v) is 3.18. The van der Waals surface area contributed by atoms with Gasteiger partial charge in [-0.25, -0.2) is 0 Å². The first kappa shape index (κ1) is 18.2. The van der Waals surface area contributed by atoms with Crippen LogP contribution in [0.4, 0.5) is 5.69 Å². The maximum absolute atomic E-state index is 12.8. The molecule has 1 aliphatic heterocycles. The van der Waals surface area contributed by atoms with Crippen molar-refractivity contribution < 1.29 is 9.59 Å². The van der Waals surface area contributed by atoms with Gasteiger partial charge in [-0.05, 0) is 37.0 Å². The van der Waals surface area contributed by atoms with Crippen LogP contribution in [0.5, 0.6) is 0 Å². The molecule has 0 aliphatic carbocycles. The van der Waals surface area contributed by atoms with E-state index in [-0.39, 0.29) is 11.8 Å². The molecule has 0 bridgehead atoms. The summed E-state index contributed by atoms with van der Waals surface area (Å²) in [4.78, 5) is 26.9. The number of anilines is 1. The highest BCUT2D eigenvalue weighted by Crippen LogP contribution is 2.20. The molecule has 2 heterocycles. The third kappa shape index (κ3) is 4.14. The van der Waals surface area contributed by atoms with E-state index in [1.807, 2.05) is 23.1 Å². The van der Waals surface area contributed by atoms with E-state index >= 15 is 0 Å². The second kappa shape index (κ2) is 8.19. The summed E-state index contributed by atoms with van der Waals surface area (Å²) in [5.74, 6) is -0.444. The third-order valence-electron chi connectivity index (χ3n) is 4.36. The van der Waals surface area contributed by atoms with Crippen molar-refractivity contribution >= 4 is 35.2 Å². The van der Waals surface area contributed by atoms with E-state index in [4.69, 9.17) is 11.6 Å². The normalized spacial score (nSPS) is 14.6. The van der Waals surface area contributed by atoms with Gasteiger partial charge >= 0.3 is 0 Å². The van der Waals surface area contributed by atoms with E-state index in [0.717, 1.165) is 37.9 Å². The van der Waals surface area contributed by atoms with Gasteiger partial charge in [-0.1, -0.05) is 29.8 Å². The Labute approximate surface area is 157 Å². The van der Waals surface area contributed by atoms with Crippen LogP contribution in [0.15, 0.2) is 36.5 Å². The minimum atomic E-state index is -0.342. The zero-order chi connectivity index (χ0) is 18.5. The van der Waals surface area contributed by atoms with Crippen LogP contribution < -0.4 is 5.32 Å². The Bertz CT molecular complexity index is 838. The molecule has 7 heteroatoms. The first-order valence-electron chi connectivity index (χ1n) is 8.61. The van der Waals surface area contributed by atoms with Gasteiger partial charge in [0.1, 0.15) is 5.69 Å². The van der Waals surface area contributed by atoms with Gasteiger partial charge in [0.2, 0.25) is 5.91 Å². The molecule has 1 fully saturated rings. The number of halogens is 1. The first-order chi connectivity index (χ1) is 12.6. The molecule has 0 unspecified atom stereocenters. The summed E-state index contributed by atoms with van der Waals surface area (Å²) >= 11 is 6.08. The Hall–Kier alpha value is -2.60. The van der Waals surface area contributed by atoms with Crippen LogP contribution in [0.1, 0.15) is 35.3 Å². The molecule has 0 saturated carbocycles. The second-order valence-electron chi connectivity index (χ2n) is 6.23. The summed E-state index contributed by atoms with van der Waals surface area (Å²) in [7, 11) is 1.70. The number of nitrogens with zero attached hydrogens (tertiary/aromatic N) is 3. The molecule has 26 heavy (non-hydrogen) atoms. The van der Waals surface area contributed by atoms with Gasteiger partial charge in [-0.3, -0.25) is 14.3 Å². The van der Waals surface area contributed by atoms with Gasteiger partial charge < -0.3 is 10.2 Å². The number of rotatable bonds is 4. The van der Waals surface area contributed by atoms with Crippen molar-refractivity contribution in [2.45, 2.75) is 19.3 Å². The quantitative estimate of drug-likeness (QED) is 0.837. The Morgan fingerprint density at radius 3 is 2.65 bits per heavy atom. The number of carbonyl (C=O) groups is 2. The van der Waals surface area contributed by atoms with Crippen LogP contribution in [0.2, 0.25) is 5.02 Å². The zero-order valence-electron chi connectivity index (χ0n) is 14.6. The summed E-state index contributed by atoms with van der Waals surface area (Å²) in [5.41, 5.74) is 1.56. The predicted octanol–water partition coefficient (Wildman–Crippen LogP) is 3.35. The van der Waals surface area contributed by atoms with Crippen molar-refractivity contribution in [1.82, 2.24) is 14.7 Å². The zero-order valence-corrected chi connectivity index (χ0v) is 15.4. The minimum absolute atomic E-state index is 0.102. The number of hydrogen-bond acceptors (Lipinski definition) is 3. The molecule has 1 aromatic carbocycles. The van der Waals surface area contributed by atoms with Crippen molar-refractivity contribution in [2.24, 2.45) is 7.05 Å². The van der Waals surface area contributed by atoms with Crippen LogP contribution in [0.25, 0.3) is 6.08 Å². The number of benzene rings is 1. The maximum atomic E-state index is 12.8. The summed E-state index contributed by atoms with van der Waals surface area (Å²) in [6.45, 7) is 1.48. The Morgan fingerprint density at radius 2 is 1.92 bits per heavy atom. The average Bonchev–Trinajstić information content (AvgIpc) is 3.01. The highest BCUT2D eigenvalue weighted by Gasteiger charge is 2.24. The van der Waals surface area contributed by atoms with Gasteiger partial charge in [-0.15, -0.1) is 0 Å². The number of piperidine rings is 1. The maximum Gasteiger partial charge on any atom is 0.274 e. The highest BCUT2D eigenvalue weighted by molar-refractivity contribution is 6.32. The molecule has 3 rings (SSSR count). The van der Waals surface area contributed by atoms with Gasteiger partial charge in [0.05, 0.1) is 11.9 Å². The SMILES string of the molecule is Cn1ncc(NC(=O)/C=C/c2ccccc2Cl)c1C(=O)N1CCCCC1. The molecule has 1 aliphatic rings. The lowest BCUT2D eigenvalue weighted by molar-refractivity contribution is -0.111. The van der Waals surface area contributed by atoms with Crippen molar-refractivity contribution in [3.8, 4) is 0 Å². The Morgan fingerprint density at radius 1 is 1.19 bits per heavy atom. The van der Waals surface area contributed by atoms with Gasteiger partial charge in [-0.2, -0.15) is 5.10 Å². The van der Waals surface area contributed by atoms with Gasteiger partial charge in [0.25, 0.3) is 5.91 Å². The lowest BCUT2D eigenvalue weighted by Crippen LogP contribution is -2.37. The number of nitrogens with one attached hydrogen (secondary N) is 1. The molecular weight excluding hydrogens is 352 g/mol. The number of aryl methyl sites for hydroxylation is 1. The molecule has 1 saturated heterocycles. The minimum Gasteiger partial charge on any atom is -0.337 e. The molecule has 0 atom stereocenters. The first-order valence-corrected chi connectivity index (χ1v) is 8.99. The molecule has 1 aromatic heterocycles. The highest BCUT2D eigenvalue weighted by atomic mass is 35.5. The molecule has 0 spiro atoms. The van der Waals surface area contributed by atoms with Crippen molar-refractivity contribution in [3.63, 3.8) is 0 Å². The fraction of sp³-hybridized carbons (Fsp3) is 0.316. The molecule has 1 N–H and O–H groups in total. The standard InChI is InChI=1S/C19H21ClN4O2/c1-23-18(19(26)24-11-5-2-6-12-24)16(13-21-23)22-17(25)10-9-14-7-3-4-8-15(14)20/h3-4,7-10,13H,2,5-6,11-12H2,1H3,(H,22,25)/b10-9+. The van der Waals surface area contributed by atoms with Crippen LogP contribution >= 0.6 is 11.6 Å². The van der Waals surface area contributed by atoms with Crippen LogP contribution in [0, 0.1) is 0 Å². The van der Waals surface area contributed by atoms with E-state index in [0.29, 0.717) is 16.4 Å². The van der Waals surface area contributed by atoms with Crippen molar-refractivity contribution in [1.29, 1.82) is 0 Å². The number of carbonyl (C=O) groups excluding carboxylic acids is 2.